The van der Waals surface area contributed by atoms with Crippen molar-refractivity contribution in [1.82, 2.24) is 0 Å². The van der Waals surface area contributed by atoms with Crippen molar-refractivity contribution in [1.29, 1.82) is 0 Å². The first-order valence-corrected chi connectivity index (χ1v) is 4.07. The molecule has 5 heteroatoms. The summed E-state index contributed by atoms with van der Waals surface area (Å²) >= 11 is 0. The number of rotatable bonds is 6. The van der Waals surface area contributed by atoms with Crippen LogP contribution in [0.3, 0.4) is 0 Å². The Bertz CT molecular complexity index is 200. The van der Waals surface area contributed by atoms with Gasteiger partial charge in [0, 0.05) is 6.42 Å². The average molecular weight is 189 g/mol. The lowest BCUT2D eigenvalue weighted by Crippen LogP contribution is -2.48. The fourth-order valence-corrected chi connectivity index (χ4v) is 1.09. The van der Waals surface area contributed by atoms with Crippen molar-refractivity contribution >= 4 is 11.9 Å². The zero-order chi connectivity index (χ0) is 10.5. The minimum atomic E-state index is -1.11. The van der Waals surface area contributed by atoms with Gasteiger partial charge < -0.3 is 19.5 Å². The van der Waals surface area contributed by atoms with E-state index >= 15 is 0 Å². The van der Waals surface area contributed by atoms with Gasteiger partial charge in [0.2, 0.25) is 0 Å². The number of carboxylic acids is 2. The second-order valence-electron chi connectivity index (χ2n) is 3.69. The third-order valence-corrected chi connectivity index (χ3v) is 1.71. The number of hydrogen-bond acceptors (Lipinski definition) is 3. The van der Waals surface area contributed by atoms with Crippen LogP contribution in [0.5, 0.6) is 0 Å². The third-order valence-electron chi connectivity index (χ3n) is 1.71. The molecule has 0 aromatic carbocycles. The van der Waals surface area contributed by atoms with Crippen LogP contribution >= 0.6 is 0 Å². The number of quaternary nitrogens is 1. The molecule has 0 heterocycles. The van der Waals surface area contributed by atoms with E-state index in [1.807, 2.05) is 0 Å². The van der Waals surface area contributed by atoms with Crippen molar-refractivity contribution in [2.75, 3.05) is 27.2 Å². The number of likely N-dealkylation sites (N-methyl/N-ethyl adjacent to an activating group) is 1. The van der Waals surface area contributed by atoms with Gasteiger partial charge in [-0.25, -0.2) is 0 Å². The fraction of sp³-hybridized carbons (Fsp3) is 0.750. The van der Waals surface area contributed by atoms with E-state index in [0.29, 0.717) is 13.0 Å². The Morgan fingerprint density at radius 3 is 2.31 bits per heavy atom. The molecule has 0 radical (unpaired) electrons. The van der Waals surface area contributed by atoms with Crippen LogP contribution in [0.15, 0.2) is 0 Å². The molecule has 0 spiro atoms. The summed E-state index contributed by atoms with van der Waals surface area (Å²) in [6.45, 7) is 0.444. The summed E-state index contributed by atoms with van der Waals surface area (Å²) in [7, 11) is 3.47. The van der Waals surface area contributed by atoms with Crippen LogP contribution in [0.1, 0.15) is 12.8 Å². The van der Waals surface area contributed by atoms with Crippen molar-refractivity contribution in [2.24, 2.45) is 0 Å². The summed E-state index contributed by atoms with van der Waals surface area (Å²) in [6.07, 6.45) is 0.560. The van der Waals surface area contributed by atoms with Gasteiger partial charge in [-0.3, -0.25) is 4.79 Å². The highest BCUT2D eigenvalue weighted by atomic mass is 16.4. The van der Waals surface area contributed by atoms with Crippen molar-refractivity contribution in [3.8, 4) is 0 Å². The van der Waals surface area contributed by atoms with Gasteiger partial charge in [0.1, 0.15) is 6.54 Å². The van der Waals surface area contributed by atoms with E-state index in [1.165, 1.54) is 0 Å². The monoisotopic (exact) mass is 189 g/mol. The molecule has 0 saturated carbocycles. The van der Waals surface area contributed by atoms with Crippen molar-refractivity contribution in [3.63, 3.8) is 0 Å². The van der Waals surface area contributed by atoms with Crippen molar-refractivity contribution < 1.29 is 24.3 Å². The second-order valence-corrected chi connectivity index (χ2v) is 3.69. The molecular formula is C8H15NO4. The highest BCUT2D eigenvalue weighted by Crippen LogP contribution is 2.00. The number of carboxylic acid groups (broad SMARTS) is 2. The predicted molar refractivity (Wildman–Crippen MR) is 43.7 cm³/mol. The topological polar surface area (TPSA) is 77.4 Å². The Morgan fingerprint density at radius 1 is 1.38 bits per heavy atom. The van der Waals surface area contributed by atoms with Crippen LogP contribution in [0.25, 0.3) is 0 Å². The van der Waals surface area contributed by atoms with Gasteiger partial charge in [-0.05, 0) is 0 Å². The molecule has 0 bridgehead atoms. The van der Waals surface area contributed by atoms with E-state index in [2.05, 4.69) is 0 Å². The molecule has 0 saturated heterocycles. The number of nitrogens with zero attached hydrogens (tertiary/aromatic N) is 1. The molecule has 0 amide bonds. The van der Waals surface area contributed by atoms with E-state index in [9.17, 15) is 14.7 Å². The summed E-state index contributed by atoms with van der Waals surface area (Å²) in [4.78, 5) is 20.4. The summed E-state index contributed by atoms with van der Waals surface area (Å²) in [5.74, 6) is -1.96. The minimum Gasteiger partial charge on any atom is -0.544 e. The van der Waals surface area contributed by atoms with Gasteiger partial charge >= 0.3 is 5.97 Å². The van der Waals surface area contributed by atoms with Crippen LogP contribution in [0, 0.1) is 0 Å². The van der Waals surface area contributed by atoms with Crippen LogP contribution in [0.4, 0.5) is 0 Å². The molecule has 0 aromatic heterocycles. The molecule has 0 unspecified atom stereocenters. The zero-order valence-electron chi connectivity index (χ0n) is 7.95. The van der Waals surface area contributed by atoms with Crippen LogP contribution in [-0.2, 0) is 9.59 Å². The maximum atomic E-state index is 10.3. The lowest BCUT2D eigenvalue weighted by atomic mass is 10.3. The molecule has 76 valence electrons. The standard InChI is InChI=1S/C8H15NO4/c1-9(2,6-8(12)13)5-3-4-7(10)11/h3-6H2,1-2H3,(H-,10,11,12,13). The largest absolute Gasteiger partial charge is 0.544 e. The van der Waals surface area contributed by atoms with Crippen LogP contribution in [0.2, 0.25) is 0 Å². The van der Waals surface area contributed by atoms with Crippen molar-refractivity contribution in [3.05, 3.63) is 0 Å². The highest BCUT2D eigenvalue weighted by molar-refractivity contribution is 5.66. The Morgan fingerprint density at radius 2 is 1.92 bits per heavy atom. The van der Waals surface area contributed by atoms with E-state index in [4.69, 9.17) is 5.11 Å². The van der Waals surface area contributed by atoms with Gasteiger partial charge in [0.15, 0.2) is 0 Å². The van der Waals surface area contributed by atoms with E-state index in [0.717, 1.165) is 0 Å². The van der Waals surface area contributed by atoms with E-state index in [1.54, 1.807) is 14.1 Å². The number of hydrogen-bond donors (Lipinski definition) is 1. The molecular weight excluding hydrogens is 174 g/mol. The zero-order valence-corrected chi connectivity index (χ0v) is 7.95. The van der Waals surface area contributed by atoms with Crippen molar-refractivity contribution in [2.45, 2.75) is 12.8 Å². The third kappa shape index (κ3) is 7.27. The summed E-state index contributed by atoms with van der Waals surface area (Å²) in [5.41, 5.74) is 0. The van der Waals surface area contributed by atoms with Crippen LogP contribution in [-0.4, -0.2) is 48.7 Å². The smallest absolute Gasteiger partial charge is 0.303 e. The number of carbonyl (C=O) groups is 2. The molecule has 13 heavy (non-hydrogen) atoms. The van der Waals surface area contributed by atoms with Gasteiger partial charge in [-0.1, -0.05) is 0 Å². The van der Waals surface area contributed by atoms with E-state index < -0.39 is 11.9 Å². The molecule has 0 aliphatic rings. The molecule has 1 N–H and O–H groups in total. The van der Waals surface area contributed by atoms with Crippen LogP contribution < -0.4 is 5.11 Å². The average Bonchev–Trinajstić information content (AvgIpc) is 1.81. The normalized spacial score (nSPS) is 11.2. The quantitative estimate of drug-likeness (QED) is 0.525. The van der Waals surface area contributed by atoms with Gasteiger partial charge in [0.25, 0.3) is 0 Å². The second kappa shape index (κ2) is 4.81. The first kappa shape index (κ1) is 11.9. The molecule has 0 aromatic rings. The Kier molecular flexibility index (Phi) is 4.40. The maximum Gasteiger partial charge on any atom is 0.303 e. The van der Waals surface area contributed by atoms with Gasteiger partial charge in [-0.2, -0.15) is 0 Å². The molecule has 0 atom stereocenters. The Balaban J connectivity index is 3.75. The highest BCUT2D eigenvalue weighted by Gasteiger charge is 2.15. The van der Waals surface area contributed by atoms with E-state index in [-0.39, 0.29) is 17.4 Å². The molecule has 0 aliphatic carbocycles. The Labute approximate surface area is 77.2 Å². The summed E-state index contributed by atoms with van der Waals surface area (Å²) in [6, 6.07) is 0. The predicted octanol–water partition coefficient (Wildman–Crippen LogP) is -1.32. The Hall–Kier alpha value is -1.10. The van der Waals surface area contributed by atoms with Gasteiger partial charge in [-0.15, -0.1) is 0 Å². The molecule has 5 nitrogen and oxygen atoms in total. The maximum absolute atomic E-state index is 10.3. The lowest BCUT2D eigenvalue weighted by Gasteiger charge is -2.29. The molecule has 0 aliphatic heterocycles. The lowest BCUT2D eigenvalue weighted by molar-refractivity contribution is -0.884. The first-order valence-electron chi connectivity index (χ1n) is 4.07. The summed E-state index contributed by atoms with van der Waals surface area (Å²) < 4.78 is 0.260. The minimum absolute atomic E-state index is 0.0781. The number of aliphatic carboxylic acids is 2. The molecule has 0 rings (SSSR count). The first-order chi connectivity index (χ1) is 5.83. The molecule has 0 fully saturated rings. The fourth-order valence-electron chi connectivity index (χ4n) is 1.09. The SMILES string of the molecule is C[N+](C)(CCCC(=O)O)CC(=O)[O-]. The summed E-state index contributed by atoms with van der Waals surface area (Å²) in [5, 5.41) is 18.6. The number of carbonyl (C=O) groups excluding carboxylic acids is 1. The van der Waals surface area contributed by atoms with Gasteiger partial charge in [0.05, 0.1) is 33.0 Å².